The molecule has 0 spiro atoms. The molecule has 3 aromatic rings. The van der Waals surface area contributed by atoms with Crippen molar-refractivity contribution in [1.29, 1.82) is 0 Å². The van der Waals surface area contributed by atoms with Crippen LogP contribution < -0.4 is 0 Å². The van der Waals surface area contributed by atoms with E-state index in [0.29, 0.717) is 12.5 Å². The van der Waals surface area contributed by atoms with E-state index in [4.69, 9.17) is 9.72 Å². The molecule has 1 aliphatic heterocycles. The minimum atomic E-state index is 0.105. The Labute approximate surface area is 157 Å². The summed E-state index contributed by atoms with van der Waals surface area (Å²) in [5.74, 6) is 0.432. The maximum Gasteiger partial charge on any atom is 0.253 e. The number of para-hydroxylation sites is 1. The maximum atomic E-state index is 13.0. The van der Waals surface area contributed by atoms with Gasteiger partial charge in [0, 0.05) is 31.7 Å². The van der Waals surface area contributed by atoms with Gasteiger partial charge in [-0.1, -0.05) is 24.3 Å². The molecule has 1 saturated heterocycles. The number of methoxy groups -OCH3 is 1. The third-order valence-corrected chi connectivity index (χ3v) is 6.05. The fourth-order valence-electron chi connectivity index (χ4n) is 3.57. The minimum absolute atomic E-state index is 0.105. The van der Waals surface area contributed by atoms with Gasteiger partial charge in [-0.15, -0.1) is 11.3 Å². The van der Waals surface area contributed by atoms with E-state index >= 15 is 0 Å². The molecule has 0 aliphatic carbocycles. The molecule has 0 N–H and O–H groups in total. The van der Waals surface area contributed by atoms with Gasteiger partial charge in [-0.25, -0.2) is 4.98 Å². The van der Waals surface area contributed by atoms with Crippen molar-refractivity contribution < 1.29 is 9.53 Å². The van der Waals surface area contributed by atoms with E-state index in [9.17, 15) is 4.79 Å². The lowest BCUT2D eigenvalue weighted by Crippen LogP contribution is -2.39. The van der Waals surface area contributed by atoms with Crippen molar-refractivity contribution in [2.45, 2.75) is 25.4 Å². The van der Waals surface area contributed by atoms with E-state index < -0.39 is 0 Å². The molecule has 1 amide bonds. The van der Waals surface area contributed by atoms with E-state index in [-0.39, 0.29) is 5.91 Å². The number of piperidine rings is 1. The third kappa shape index (κ3) is 3.50. The number of benzene rings is 2. The van der Waals surface area contributed by atoms with Gasteiger partial charge in [0.2, 0.25) is 0 Å². The van der Waals surface area contributed by atoms with Crippen LogP contribution in [0, 0.1) is 0 Å². The van der Waals surface area contributed by atoms with E-state index in [1.807, 2.05) is 41.3 Å². The number of rotatable bonds is 4. The highest BCUT2D eigenvalue weighted by Gasteiger charge is 2.27. The molecule has 4 rings (SSSR count). The Morgan fingerprint density at radius 1 is 1.27 bits per heavy atom. The normalized spacial score (nSPS) is 17.6. The second kappa shape index (κ2) is 7.56. The van der Waals surface area contributed by atoms with Gasteiger partial charge >= 0.3 is 0 Å². The van der Waals surface area contributed by atoms with Crippen LogP contribution in [0.3, 0.4) is 0 Å². The first kappa shape index (κ1) is 17.2. The van der Waals surface area contributed by atoms with Crippen molar-refractivity contribution in [1.82, 2.24) is 9.88 Å². The summed E-state index contributed by atoms with van der Waals surface area (Å²) in [7, 11) is 1.67. The third-order valence-electron chi connectivity index (χ3n) is 4.85. The molecule has 0 unspecified atom stereocenters. The van der Waals surface area contributed by atoms with Gasteiger partial charge in [-0.3, -0.25) is 4.79 Å². The highest BCUT2D eigenvalue weighted by molar-refractivity contribution is 7.18. The van der Waals surface area contributed by atoms with Gasteiger partial charge in [-0.2, -0.15) is 0 Å². The topological polar surface area (TPSA) is 42.4 Å². The Morgan fingerprint density at radius 2 is 2.15 bits per heavy atom. The summed E-state index contributed by atoms with van der Waals surface area (Å²) in [5, 5.41) is 1.15. The lowest BCUT2D eigenvalue weighted by Gasteiger charge is -2.32. The van der Waals surface area contributed by atoms with Crippen molar-refractivity contribution >= 4 is 27.5 Å². The van der Waals surface area contributed by atoms with Crippen molar-refractivity contribution in [3.63, 3.8) is 0 Å². The van der Waals surface area contributed by atoms with Crippen molar-refractivity contribution in [2.24, 2.45) is 0 Å². The Bertz CT molecular complexity index is 888. The SMILES string of the molecule is COCc1cccc(C(=O)N2CCC[C@H](c3nc4ccccc4s3)C2)c1. The van der Waals surface area contributed by atoms with Crippen LogP contribution in [0.4, 0.5) is 0 Å². The summed E-state index contributed by atoms with van der Waals surface area (Å²) < 4.78 is 6.40. The smallest absolute Gasteiger partial charge is 0.253 e. The molecule has 0 saturated carbocycles. The quantitative estimate of drug-likeness (QED) is 0.684. The van der Waals surface area contributed by atoms with Crippen molar-refractivity contribution in [3.8, 4) is 0 Å². The Kier molecular flexibility index (Phi) is 5.00. The fraction of sp³-hybridized carbons (Fsp3) is 0.333. The number of hydrogen-bond donors (Lipinski definition) is 0. The molecule has 4 nitrogen and oxygen atoms in total. The number of thiazole rings is 1. The molecule has 0 radical (unpaired) electrons. The maximum absolute atomic E-state index is 13.0. The van der Waals surface area contributed by atoms with Crippen LogP contribution in [-0.2, 0) is 11.3 Å². The fourth-order valence-corrected chi connectivity index (χ4v) is 4.66. The number of amides is 1. The molecule has 1 atom stereocenters. The van der Waals surface area contributed by atoms with Crippen LogP contribution in [-0.4, -0.2) is 36.0 Å². The number of carbonyl (C=O) groups excluding carboxylic acids is 1. The van der Waals surface area contributed by atoms with E-state index in [1.54, 1.807) is 18.4 Å². The molecule has 2 heterocycles. The number of aromatic nitrogens is 1. The first-order valence-corrected chi connectivity index (χ1v) is 9.79. The van der Waals surface area contributed by atoms with Gasteiger partial charge in [0.05, 0.1) is 21.8 Å². The van der Waals surface area contributed by atoms with Crippen LogP contribution in [0.15, 0.2) is 48.5 Å². The summed E-state index contributed by atoms with van der Waals surface area (Å²) in [6.07, 6.45) is 2.11. The van der Waals surface area contributed by atoms with Crippen molar-refractivity contribution in [2.75, 3.05) is 20.2 Å². The summed E-state index contributed by atoms with van der Waals surface area (Å²) in [5.41, 5.74) is 2.82. The van der Waals surface area contributed by atoms with Gasteiger partial charge in [0.25, 0.3) is 5.91 Å². The van der Waals surface area contributed by atoms with Crippen LogP contribution in [0.2, 0.25) is 0 Å². The molecule has 134 valence electrons. The van der Waals surface area contributed by atoms with E-state index in [0.717, 1.165) is 47.6 Å². The molecule has 5 heteroatoms. The average molecular weight is 366 g/mol. The summed E-state index contributed by atoms with van der Waals surface area (Å²) >= 11 is 1.76. The number of fused-ring (bicyclic) bond motifs is 1. The van der Waals surface area contributed by atoms with Crippen molar-refractivity contribution in [3.05, 3.63) is 64.7 Å². The number of ether oxygens (including phenoxy) is 1. The summed E-state index contributed by atoms with van der Waals surface area (Å²) in [6, 6.07) is 16.0. The molecule has 26 heavy (non-hydrogen) atoms. The number of likely N-dealkylation sites (tertiary alicyclic amines) is 1. The lowest BCUT2D eigenvalue weighted by atomic mass is 9.97. The zero-order valence-electron chi connectivity index (χ0n) is 14.9. The second-order valence-corrected chi connectivity index (χ2v) is 7.81. The van der Waals surface area contributed by atoms with E-state index in [2.05, 4.69) is 12.1 Å². The molecular weight excluding hydrogens is 344 g/mol. The number of nitrogens with zero attached hydrogens (tertiary/aromatic N) is 2. The molecule has 1 aliphatic rings. The molecule has 1 fully saturated rings. The number of hydrogen-bond acceptors (Lipinski definition) is 4. The lowest BCUT2D eigenvalue weighted by molar-refractivity contribution is 0.0707. The standard InChI is InChI=1S/C21H22N2O2S/c1-25-14-15-6-4-7-16(12-15)21(24)23-11-5-8-17(13-23)20-22-18-9-2-3-10-19(18)26-20/h2-4,6-7,9-10,12,17H,5,8,11,13-14H2,1H3/t17-/m0/s1. The molecular formula is C21H22N2O2S. The van der Waals surface area contributed by atoms with Gasteiger partial charge < -0.3 is 9.64 Å². The largest absolute Gasteiger partial charge is 0.380 e. The Balaban J connectivity index is 1.52. The average Bonchev–Trinajstić information content (AvgIpc) is 3.12. The van der Waals surface area contributed by atoms with Crippen LogP contribution in [0.25, 0.3) is 10.2 Å². The zero-order chi connectivity index (χ0) is 17.9. The second-order valence-electron chi connectivity index (χ2n) is 6.74. The minimum Gasteiger partial charge on any atom is -0.380 e. The monoisotopic (exact) mass is 366 g/mol. The Morgan fingerprint density at radius 3 is 3.00 bits per heavy atom. The summed E-state index contributed by atoms with van der Waals surface area (Å²) in [4.78, 5) is 19.8. The highest BCUT2D eigenvalue weighted by atomic mass is 32.1. The Hall–Kier alpha value is -2.24. The molecule has 0 bridgehead atoms. The van der Waals surface area contributed by atoms with E-state index in [1.165, 1.54) is 4.70 Å². The zero-order valence-corrected chi connectivity index (χ0v) is 15.7. The first-order chi connectivity index (χ1) is 12.7. The van der Waals surface area contributed by atoms with Gasteiger partial charge in [0.1, 0.15) is 0 Å². The van der Waals surface area contributed by atoms with Gasteiger partial charge in [-0.05, 0) is 42.7 Å². The van der Waals surface area contributed by atoms with Crippen LogP contribution in [0.5, 0.6) is 0 Å². The van der Waals surface area contributed by atoms with Crippen LogP contribution >= 0.6 is 11.3 Å². The predicted octanol–water partition coefficient (Wildman–Crippen LogP) is 4.46. The predicted molar refractivity (Wildman–Crippen MR) is 105 cm³/mol. The highest BCUT2D eigenvalue weighted by Crippen LogP contribution is 2.33. The first-order valence-electron chi connectivity index (χ1n) is 8.97. The summed E-state index contributed by atoms with van der Waals surface area (Å²) in [6.45, 7) is 2.08. The van der Waals surface area contributed by atoms with Gasteiger partial charge in [0.15, 0.2) is 0 Å². The number of carbonyl (C=O) groups is 1. The molecule has 2 aromatic carbocycles. The van der Waals surface area contributed by atoms with Crippen LogP contribution in [0.1, 0.15) is 39.7 Å². The molecule has 1 aromatic heterocycles.